The minimum Gasteiger partial charge on any atom is -0.496 e. The molecule has 1 unspecified atom stereocenters. The molecule has 0 amide bonds. The van der Waals surface area contributed by atoms with Gasteiger partial charge in [0.2, 0.25) is 0 Å². The second-order valence-electron chi connectivity index (χ2n) is 5.16. The molecular formula is C15H24N2O3. The van der Waals surface area contributed by atoms with E-state index in [1.165, 1.54) is 0 Å². The van der Waals surface area contributed by atoms with Crippen molar-refractivity contribution in [2.75, 3.05) is 34.4 Å². The number of methoxy groups -OCH3 is 3. The van der Waals surface area contributed by atoms with Crippen LogP contribution < -0.4 is 19.9 Å². The second kappa shape index (κ2) is 6.81. The molecule has 0 bridgehead atoms. The molecule has 2 N–H and O–H groups in total. The fraction of sp³-hybridized carbons (Fsp3) is 0.600. The molecule has 1 atom stereocenters. The average Bonchev–Trinajstić information content (AvgIpc) is 2.46. The summed E-state index contributed by atoms with van der Waals surface area (Å²) in [5.74, 6) is 2.23. The van der Waals surface area contributed by atoms with Gasteiger partial charge >= 0.3 is 0 Å². The van der Waals surface area contributed by atoms with Crippen LogP contribution >= 0.6 is 0 Å². The molecule has 1 fully saturated rings. The number of hydrogen-bond acceptors (Lipinski definition) is 5. The molecule has 1 saturated heterocycles. The van der Waals surface area contributed by atoms with Crippen LogP contribution in [0.3, 0.4) is 0 Å². The van der Waals surface area contributed by atoms with Gasteiger partial charge in [0.05, 0.1) is 21.3 Å². The predicted molar refractivity (Wildman–Crippen MR) is 78.6 cm³/mol. The number of piperidine rings is 1. The number of nitrogens with two attached hydrogens (primary N) is 1. The highest BCUT2D eigenvalue weighted by Crippen LogP contribution is 2.35. The van der Waals surface area contributed by atoms with E-state index in [-0.39, 0.29) is 6.04 Å². The molecule has 0 aromatic heterocycles. The lowest BCUT2D eigenvalue weighted by molar-refractivity contribution is 0.199. The third kappa shape index (κ3) is 3.35. The Morgan fingerprint density at radius 2 is 1.75 bits per heavy atom. The Bertz CT molecular complexity index is 451. The standard InChI is InChI=1S/C15H24N2O3/c1-18-13-8-15(20-3)14(19-2)7-11(13)9-17-6-4-5-12(16)10-17/h7-8,12H,4-6,9-10,16H2,1-3H3. The van der Waals surface area contributed by atoms with Crippen LogP contribution in [0.5, 0.6) is 17.2 Å². The molecule has 0 aliphatic carbocycles. The average molecular weight is 280 g/mol. The SMILES string of the molecule is COc1cc(OC)c(OC)cc1CN1CCCC(N)C1. The normalized spacial score (nSPS) is 19.7. The summed E-state index contributed by atoms with van der Waals surface area (Å²) in [5, 5.41) is 0. The van der Waals surface area contributed by atoms with Crippen molar-refractivity contribution in [2.45, 2.75) is 25.4 Å². The van der Waals surface area contributed by atoms with Crippen molar-refractivity contribution in [2.24, 2.45) is 5.73 Å². The molecule has 1 heterocycles. The maximum Gasteiger partial charge on any atom is 0.164 e. The molecule has 1 aliphatic rings. The van der Waals surface area contributed by atoms with Gasteiger partial charge in [-0.15, -0.1) is 0 Å². The summed E-state index contributed by atoms with van der Waals surface area (Å²) in [4.78, 5) is 2.36. The van der Waals surface area contributed by atoms with Gasteiger partial charge in [-0.05, 0) is 25.5 Å². The summed E-state index contributed by atoms with van der Waals surface area (Å²) in [5.41, 5.74) is 7.13. The van der Waals surface area contributed by atoms with Crippen molar-refractivity contribution in [1.82, 2.24) is 4.90 Å². The highest BCUT2D eigenvalue weighted by Gasteiger charge is 2.19. The predicted octanol–water partition coefficient (Wildman–Crippen LogP) is 1.64. The second-order valence-corrected chi connectivity index (χ2v) is 5.16. The molecular weight excluding hydrogens is 256 g/mol. The summed E-state index contributed by atoms with van der Waals surface area (Å²) in [6.07, 6.45) is 2.26. The summed E-state index contributed by atoms with van der Waals surface area (Å²) >= 11 is 0. The van der Waals surface area contributed by atoms with Crippen LogP contribution in [0.4, 0.5) is 0 Å². The Labute approximate surface area is 120 Å². The number of likely N-dealkylation sites (tertiary alicyclic amines) is 1. The molecule has 0 spiro atoms. The Morgan fingerprint density at radius 1 is 1.10 bits per heavy atom. The van der Waals surface area contributed by atoms with E-state index < -0.39 is 0 Å². The highest BCUT2D eigenvalue weighted by atomic mass is 16.5. The maximum absolute atomic E-state index is 6.03. The molecule has 1 aliphatic heterocycles. The largest absolute Gasteiger partial charge is 0.496 e. The zero-order valence-corrected chi connectivity index (χ0v) is 12.5. The van der Waals surface area contributed by atoms with E-state index in [9.17, 15) is 0 Å². The van der Waals surface area contributed by atoms with Crippen LogP contribution in [0.25, 0.3) is 0 Å². The third-order valence-electron chi connectivity index (χ3n) is 3.72. The first kappa shape index (κ1) is 14.9. The molecule has 112 valence electrons. The first-order chi connectivity index (χ1) is 9.67. The van der Waals surface area contributed by atoms with Gasteiger partial charge < -0.3 is 19.9 Å². The highest BCUT2D eigenvalue weighted by molar-refractivity contribution is 5.50. The summed E-state index contributed by atoms with van der Waals surface area (Å²) in [6.45, 7) is 2.82. The first-order valence-corrected chi connectivity index (χ1v) is 6.94. The first-order valence-electron chi connectivity index (χ1n) is 6.94. The van der Waals surface area contributed by atoms with Crippen LogP contribution in [0.1, 0.15) is 18.4 Å². The Morgan fingerprint density at radius 3 is 2.35 bits per heavy atom. The Kier molecular flexibility index (Phi) is 5.09. The number of hydrogen-bond donors (Lipinski definition) is 1. The topological polar surface area (TPSA) is 57.0 Å². The van der Waals surface area contributed by atoms with E-state index >= 15 is 0 Å². The van der Waals surface area contributed by atoms with Crippen LogP contribution in [0.2, 0.25) is 0 Å². The van der Waals surface area contributed by atoms with Gasteiger partial charge in [0.25, 0.3) is 0 Å². The fourth-order valence-corrected chi connectivity index (χ4v) is 2.69. The van der Waals surface area contributed by atoms with Crippen molar-refractivity contribution < 1.29 is 14.2 Å². The Hall–Kier alpha value is -1.46. The molecule has 1 aromatic carbocycles. The number of rotatable bonds is 5. The monoisotopic (exact) mass is 280 g/mol. The zero-order valence-electron chi connectivity index (χ0n) is 12.5. The number of nitrogens with zero attached hydrogens (tertiary/aromatic N) is 1. The van der Waals surface area contributed by atoms with E-state index in [0.29, 0.717) is 5.75 Å². The molecule has 5 heteroatoms. The summed E-state index contributed by atoms with van der Waals surface area (Å²) in [6, 6.07) is 4.13. The smallest absolute Gasteiger partial charge is 0.164 e. The maximum atomic E-state index is 6.03. The van der Waals surface area contributed by atoms with E-state index in [1.54, 1.807) is 21.3 Å². The lowest BCUT2D eigenvalue weighted by Crippen LogP contribution is -2.42. The zero-order chi connectivity index (χ0) is 14.5. The molecule has 20 heavy (non-hydrogen) atoms. The molecule has 2 rings (SSSR count). The van der Waals surface area contributed by atoms with E-state index in [1.807, 2.05) is 12.1 Å². The molecule has 0 saturated carbocycles. The van der Waals surface area contributed by atoms with Gasteiger partial charge in [0, 0.05) is 30.8 Å². The van der Waals surface area contributed by atoms with Gasteiger partial charge in [-0.1, -0.05) is 0 Å². The lowest BCUT2D eigenvalue weighted by atomic mass is 10.1. The third-order valence-corrected chi connectivity index (χ3v) is 3.72. The quantitative estimate of drug-likeness (QED) is 0.888. The van der Waals surface area contributed by atoms with Crippen molar-refractivity contribution >= 4 is 0 Å². The molecule has 0 radical (unpaired) electrons. The van der Waals surface area contributed by atoms with Crippen molar-refractivity contribution in [3.8, 4) is 17.2 Å². The van der Waals surface area contributed by atoms with Gasteiger partial charge in [-0.2, -0.15) is 0 Å². The van der Waals surface area contributed by atoms with Gasteiger partial charge in [0.1, 0.15) is 5.75 Å². The summed E-state index contributed by atoms with van der Waals surface area (Å²) < 4.78 is 16.1. The van der Waals surface area contributed by atoms with Gasteiger partial charge in [-0.25, -0.2) is 0 Å². The number of ether oxygens (including phenoxy) is 3. The van der Waals surface area contributed by atoms with E-state index in [0.717, 1.165) is 49.5 Å². The van der Waals surface area contributed by atoms with Crippen molar-refractivity contribution in [3.63, 3.8) is 0 Å². The van der Waals surface area contributed by atoms with Crippen molar-refractivity contribution in [1.29, 1.82) is 0 Å². The minimum atomic E-state index is 0.273. The van der Waals surface area contributed by atoms with Gasteiger partial charge in [0.15, 0.2) is 11.5 Å². The van der Waals surface area contributed by atoms with E-state index in [4.69, 9.17) is 19.9 Å². The molecule has 5 nitrogen and oxygen atoms in total. The van der Waals surface area contributed by atoms with Crippen LogP contribution in [0.15, 0.2) is 12.1 Å². The van der Waals surface area contributed by atoms with Gasteiger partial charge in [-0.3, -0.25) is 4.90 Å². The molecule has 1 aromatic rings. The minimum absolute atomic E-state index is 0.273. The van der Waals surface area contributed by atoms with Crippen LogP contribution in [-0.2, 0) is 6.54 Å². The Balaban J connectivity index is 2.21. The van der Waals surface area contributed by atoms with Crippen molar-refractivity contribution in [3.05, 3.63) is 17.7 Å². The fourth-order valence-electron chi connectivity index (χ4n) is 2.69. The van der Waals surface area contributed by atoms with E-state index in [2.05, 4.69) is 4.90 Å². The summed E-state index contributed by atoms with van der Waals surface area (Å²) in [7, 11) is 4.94. The number of benzene rings is 1. The van der Waals surface area contributed by atoms with Crippen LogP contribution in [-0.4, -0.2) is 45.4 Å². The van der Waals surface area contributed by atoms with Crippen LogP contribution in [0, 0.1) is 0 Å². The lowest BCUT2D eigenvalue weighted by Gasteiger charge is -2.31.